The van der Waals surface area contributed by atoms with Crippen molar-refractivity contribution in [3.8, 4) is 5.75 Å². The first kappa shape index (κ1) is 18.5. The van der Waals surface area contributed by atoms with Crippen molar-refractivity contribution in [2.75, 3.05) is 26.7 Å². The molecule has 1 amide bonds. The molecule has 2 atom stereocenters. The fraction of sp³-hybridized carbons (Fsp3) is 0.650. The summed E-state index contributed by atoms with van der Waals surface area (Å²) in [5, 5.41) is 6.80. The van der Waals surface area contributed by atoms with E-state index in [-0.39, 0.29) is 29.1 Å². The Bertz CT molecular complexity index is 632. The molecule has 2 aliphatic carbocycles. The molecule has 3 aliphatic rings. The van der Waals surface area contributed by atoms with Gasteiger partial charge in [-0.3, -0.25) is 4.79 Å². The average Bonchev–Trinajstić information content (AvgIpc) is 3.29. The van der Waals surface area contributed by atoms with Gasteiger partial charge in [0.1, 0.15) is 5.75 Å². The monoisotopic (exact) mass is 364 g/mol. The summed E-state index contributed by atoms with van der Waals surface area (Å²) in [6, 6.07) is 8.24. The van der Waals surface area contributed by atoms with Crippen molar-refractivity contribution < 1.29 is 9.53 Å². The molecule has 1 aromatic carbocycles. The van der Waals surface area contributed by atoms with Gasteiger partial charge in [0.15, 0.2) is 0 Å². The molecule has 4 rings (SSSR count). The SMILES string of the molecule is COc1ccccc1C1(CNC(=O)[C@@]23CCCC[C@H]2CNC3)CC1.Cl. The van der Waals surface area contributed by atoms with Crippen molar-refractivity contribution in [1.82, 2.24) is 10.6 Å². The maximum absolute atomic E-state index is 13.1. The molecule has 25 heavy (non-hydrogen) atoms. The number of benzene rings is 1. The van der Waals surface area contributed by atoms with Crippen LogP contribution in [0, 0.1) is 11.3 Å². The minimum atomic E-state index is -0.158. The van der Waals surface area contributed by atoms with Crippen LogP contribution in [0.2, 0.25) is 0 Å². The van der Waals surface area contributed by atoms with Gasteiger partial charge >= 0.3 is 0 Å². The van der Waals surface area contributed by atoms with Crippen LogP contribution in [0.15, 0.2) is 24.3 Å². The van der Waals surface area contributed by atoms with Crippen molar-refractivity contribution in [3.05, 3.63) is 29.8 Å². The Hall–Kier alpha value is -1.26. The number of nitrogens with one attached hydrogen (secondary N) is 2. The van der Waals surface area contributed by atoms with Gasteiger partial charge in [-0.25, -0.2) is 0 Å². The number of carbonyl (C=O) groups excluding carboxylic acids is 1. The number of para-hydroxylation sites is 1. The van der Waals surface area contributed by atoms with Crippen molar-refractivity contribution in [2.45, 2.75) is 43.9 Å². The van der Waals surface area contributed by atoms with Crippen molar-refractivity contribution in [1.29, 1.82) is 0 Å². The van der Waals surface area contributed by atoms with E-state index in [2.05, 4.69) is 22.8 Å². The Labute approximate surface area is 156 Å². The molecule has 2 N–H and O–H groups in total. The molecule has 4 nitrogen and oxygen atoms in total. The summed E-state index contributed by atoms with van der Waals surface area (Å²) in [4.78, 5) is 13.1. The number of halogens is 1. The number of methoxy groups -OCH3 is 1. The first-order valence-electron chi connectivity index (χ1n) is 9.33. The largest absolute Gasteiger partial charge is 0.496 e. The summed E-state index contributed by atoms with van der Waals surface area (Å²) in [5.74, 6) is 1.74. The van der Waals surface area contributed by atoms with E-state index >= 15 is 0 Å². The van der Waals surface area contributed by atoms with Crippen molar-refractivity contribution >= 4 is 18.3 Å². The summed E-state index contributed by atoms with van der Waals surface area (Å²) >= 11 is 0. The number of ether oxygens (including phenoxy) is 1. The molecular formula is C20H29ClN2O2. The van der Waals surface area contributed by atoms with E-state index in [1.165, 1.54) is 24.8 Å². The first-order chi connectivity index (χ1) is 11.7. The van der Waals surface area contributed by atoms with Gasteiger partial charge in [0.25, 0.3) is 0 Å². The first-order valence-corrected chi connectivity index (χ1v) is 9.33. The molecule has 1 aromatic rings. The predicted molar refractivity (Wildman–Crippen MR) is 101 cm³/mol. The predicted octanol–water partition coefficient (Wildman–Crippen LogP) is 3.04. The third-order valence-corrected chi connectivity index (χ3v) is 6.61. The second-order valence-electron chi connectivity index (χ2n) is 7.89. The molecule has 138 valence electrons. The highest BCUT2D eigenvalue weighted by atomic mass is 35.5. The highest BCUT2D eigenvalue weighted by Gasteiger charge is 2.51. The average molecular weight is 365 g/mol. The Balaban J connectivity index is 0.00000182. The van der Waals surface area contributed by atoms with Crippen molar-refractivity contribution in [3.63, 3.8) is 0 Å². The lowest BCUT2D eigenvalue weighted by Gasteiger charge is -2.37. The highest BCUT2D eigenvalue weighted by molar-refractivity contribution is 5.85. The van der Waals surface area contributed by atoms with Gasteiger partial charge in [-0.15, -0.1) is 12.4 Å². The zero-order valence-electron chi connectivity index (χ0n) is 15.0. The van der Waals surface area contributed by atoms with E-state index in [9.17, 15) is 4.79 Å². The number of amides is 1. The minimum Gasteiger partial charge on any atom is -0.496 e. The number of carbonyl (C=O) groups is 1. The molecule has 3 fully saturated rings. The number of hydrogen-bond acceptors (Lipinski definition) is 3. The molecule has 0 aromatic heterocycles. The third kappa shape index (κ3) is 3.15. The van der Waals surface area contributed by atoms with Crippen LogP contribution in [0.25, 0.3) is 0 Å². The van der Waals surface area contributed by atoms with Gasteiger partial charge in [-0.1, -0.05) is 31.0 Å². The van der Waals surface area contributed by atoms with Crippen LogP contribution in [-0.2, 0) is 10.2 Å². The zero-order chi connectivity index (χ0) is 16.6. The molecule has 0 unspecified atom stereocenters. The molecule has 0 bridgehead atoms. The van der Waals surface area contributed by atoms with Crippen LogP contribution in [0.3, 0.4) is 0 Å². The van der Waals surface area contributed by atoms with E-state index in [1.54, 1.807) is 7.11 Å². The standard InChI is InChI=1S/C20H28N2O2.ClH/c1-24-17-8-3-2-7-16(17)19(10-11-19)13-22-18(23)20-9-5-4-6-15(20)12-21-14-20;/h2-3,7-8,15,21H,4-6,9-14H2,1H3,(H,22,23);1H/t15-,20+;/m0./s1. The lowest BCUT2D eigenvalue weighted by atomic mass is 9.67. The normalized spacial score (nSPS) is 29.2. The van der Waals surface area contributed by atoms with Gasteiger partial charge in [-0.2, -0.15) is 0 Å². The third-order valence-electron chi connectivity index (χ3n) is 6.61. The summed E-state index contributed by atoms with van der Waals surface area (Å²) in [6.07, 6.45) is 6.94. The van der Waals surface area contributed by atoms with Gasteiger partial charge < -0.3 is 15.4 Å². The Morgan fingerprint density at radius 2 is 2.08 bits per heavy atom. The molecule has 1 aliphatic heterocycles. The Kier molecular flexibility index (Phi) is 5.31. The molecule has 1 saturated heterocycles. The van der Waals surface area contributed by atoms with Gasteiger partial charge in [0.2, 0.25) is 5.91 Å². The fourth-order valence-corrected chi connectivity index (χ4v) is 4.89. The molecule has 0 spiro atoms. The second kappa shape index (κ2) is 7.16. The zero-order valence-corrected chi connectivity index (χ0v) is 15.8. The molecule has 0 radical (unpaired) electrons. The van der Waals surface area contributed by atoms with Crippen molar-refractivity contribution in [2.24, 2.45) is 11.3 Å². The summed E-state index contributed by atoms with van der Waals surface area (Å²) < 4.78 is 5.54. The lowest BCUT2D eigenvalue weighted by Crippen LogP contribution is -2.49. The summed E-state index contributed by atoms with van der Waals surface area (Å²) in [5.41, 5.74) is 1.17. The molecule has 5 heteroatoms. The highest BCUT2D eigenvalue weighted by Crippen LogP contribution is 2.51. The topological polar surface area (TPSA) is 50.4 Å². The van der Waals surface area contributed by atoms with Crippen LogP contribution in [0.1, 0.15) is 44.1 Å². The van der Waals surface area contributed by atoms with Gasteiger partial charge in [0.05, 0.1) is 12.5 Å². The van der Waals surface area contributed by atoms with Crippen LogP contribution < -0.4 is 15.4 Å². The Morgan fingerprint density at radius 3 is 2.84 bits per heavy atom. The van der Waals surface area contributed by atoms with Crippen LogP contribution in [-0.4, -0.2) is 32.7 Å². The molecule has 2 saturated carbocycles. The van der Waals surface area contributed by atoms with E-state index < -0.39 is 0 Å². The van der Waals surface area contributed by atoms with Gasteiger partial charge in [-0.05, 0) is 44.2 Å². The number of hydrogen-bond donors (Lipinski definition) is 2. The maximum Gasteiger partial charge on any atom is 0.227 e. The number of rotatable bonds is 5. The summed E-state index contributed by atoms with van der Waals surface area (Å²) in [7, 11) is 1.73. The van der Waals surface area contributed by atoms with Gasteiger partial charge in [0, 0.05) is 24.1 Å². The molecule has 1 heterocycles. The van der Waals surface area contributed by atoms with E-state index in [0.717, 1.165) is 44.6 Å². The fourth-order valence-electron chi connectivity index (χ4n) is 4.89. The van der Waals surface area contributed by atoms with E-state index in [4.69, 9.17) is 4.74 Å². The Morgan fingerprint density at radius 1 is 1.28 bits per heavy atom. The van der Waals surface area contributed by atoms with Crippen LogP contribution >= 0.6 is 12.4 Å². The minimum absolute atomic E-state index is 0. The summed E-state index contributed by atoms with van der Waals surface area (Å²) in [6.45, 7) is 2.59. The van der Waals surface area contributed by atoms with Crippen LogP contribution in [0.4, 0.5) is 0 Å². The number of fused-ring (bicyclic) bond motifs is 1. The van der Waals surface area contributed by atoms with E-state index in [1.807, 2.05) is 12.1 Å². The van der Waals surface area contributed by atoms with Crippen LogP contribution in [0.5, 0.6) is 5.75 Å². The lowest BCUT2D eigenvalue weighted by molar-refractivity contribution is -0.134. The second-order valence-corrected chi connectivity index (χ2v) is 7.89. The van der Waals surface area contributed by atoms with E-state index in [0.29, 0.717) is 5.92 Å². The molecular weight excluding hydrogens is 336 g/mol. The maximum atomic E-state index is 13.1. The quantitative estimate of drug-likeness (QED) is 0.844. The smallest absolute Gasteiger partial charge is 0.227 e.